The molecule has 1 unspecified atom stereocenters. The number of nitrogens with two attached hydrogens (primary N) is 1. The van der Waals surface area contributed by atoms with E-state index in [-0.39, 0.29) is 6.04 Å². The maximum atomic E-state index is 5.74. The highest BCUT2D eigenvalue weighted by atomic mass is 16.5. The summed E-state index contributed by atoms with van der Waals surface area (Å²) in [4.78, 5) is 4.33. The van der Waals surface area contributed by atoms with E-state index in [2.05, 4.69) is 11.6 Å². The molecular formula is C11H20N2O. The molecule has 0 radical (unpaired) electrons. The van der Waals surface area contributed by atoms with Crippen LogP contribution in [0.4, 0.5) is 0 Å². The maximum Gasteiger partial charge on any atom is 0.0860 e. The summed E-state index contributed by atoms with van der Waals surface area (Å²) < 4.78 is 5.26. The molecule has 0 fully saturated rings. The molecule has 0 aromatic heterocycles. The molecule has 0 aliphatic carbocycles. The smallest absolute Gasteiger partial charge is 0.0860 e. The first-order valence-corrected chi connectivity index (χ1v) is 4.86. The average molecular weight is 196 g/mol. The third-order valence-electron chi connectivity index (χ3n) is 1.65. The zero-order chi connectivity index (χ0) is 10.8. The highest BCUT2D eigenvalue weighted by Crippen LogP contribution is 1.89. The van der Waals surface area contributed by atoms with E-state index in [9.17, 15) is 0 Å². The van der Waals surface area contributed by atoms with Gasteiger partial charge in [-0.05, 0) is 13.8 Å². The Bertz CT molecular complexity index is 207. The van der Waals surface area contributed by atoms with Crippen LogP contribution in [0.2, 0.25) is 0 Å². The molecule has 0 saturated heterocycles. The quantitative estimate of drug-likeness (QED) is 0.496. The van der Waals surface area contributed by atoms with Gasteiger partial charge in [-0.3, -0.25) is 4.99 Å². The van der Waals surface area contributed by atoms with Crippen LogP contribution in [-0.4, -0.2) is 31.5 Å². The summed E-state index contributed by atoms with van der Waals surface area (Å²) in [5.41, 5.74) is 6.64. The van der Waals surface area contributed by atoms with Crippen LogP contribution in [0.25, 0.3) is 0 Å². The van der Waals surface area contributed by atoms with Crippen molar-refractivity contribution < 1.29 is 4.74 Å². The second-order valence-corrected chi connectivity index (χ2v) is 2.92. The summed E-state index contributed by atoms with van der Waals surface area (Å²) in [6.45, 7) is 9.29. The van der Waals surface area contributed by atoms with Crippen LogP contribution in [-0.2, 0) is 4.74 Å². The second-order valence-electron chi connectivity index (χ2n) is 2.92. The van der Waals surface area contributed by atoms with Crippen molar-refractivity contribution in [2.24, 2.45) is 10.7 Å². The zero-order valence-corrected chi connectivity index (χ0v) is 9.07. The molecule has 3 nitrogen and oxygen atoms in total. The SMILES string of the molecule is C=C/C=C/CN=C(COCC)C(C)N. The largest absolute Gasteiger partial charge is 0.376 e. The highest BCUT2D eigenvalue weighted by Gasteiger charge is 2.03. The van der Waals surface area contributed by atoms with Crippen LogP contribution < -0.4 is 5.73 Å². The number of aliphatic imine (C=N–C) groups is 1. The molecule has 80 valence electrons. The van der Waals surface area contributed by atoms with Crippen molar-refractivity contribution in [2.45, 2.75) is 19.9 Å². The summed E-state index contributed by atoms with van der Waals surface area (Å²) >= 11 is 0. The van der Waals surface area contributed by atoms with Crippen LogP contribution in [0.3, 0.4) is 0 Å². The monoisotopic (exact) mass is 196 g/mol. The minimum absolute atomic E-state index is 0.0429. The standard InChI is InChI=1S/C11H20N2O/c1-4-6-7-8-13-11(10(3)12)9-14-5-2/h4,6-7,10H,1,5,8-9,12H2,2-3H3/b7-6+,13-11?. The Hall–Kier alpha value is -0.930. The fourth-order valence-corrected chi connectivity index (χ4v) is 0.855. The fraction of sp³-hybridized carbons (Fsp3) is 0.545. The number of ether oxygens (including phenoxy) is 1. The molecule has 0 amide bonds. The van der Waals surface area contributed by atoms with Gasteiger partial charge in [-0.1, -0.05) is 24.8 Å². The summed E-state index contributed by atoms with van der Waals surface area (Å²) in [5, 5.41) is 0. The van der Waals surface area contributed by atoms with E-state index in [1.165, 1.54) is 0 Å². The molecule has 0 aliphatic rings. The summed E-state index contributed by atoms with van der Waals surface area (Å²) in [6, 6.07) is -0.0429. The van der Waals surface area contributed by atoms with E-state index < -0.39 is 0 Å². The molecule has 0 rings (SSSR count). The minimum atomic E-state index is -0.0429. The number of allylic oxidation sites excluding steroid dienone is 2. The van der Waals surface area contributed by atoms with Crippen LogP contribution in [0, 0.1) is 0 Å². The number of hydrogen-bond donors (Lipinski definition) is 1. The highest BCUT2D eigenvalue weighted by molar-refractivity contribution is 5.90. The third-order valence-corrected chi connectivity index (χ3v) is 1.65. The number of rotatable bonds is 7. The summed E-state index contributed by atoms with van der Waals surface area (Å²) in [6.07, 6.45) is 5.52. The lowest BCUT2D eigenvalue weighted by atomic mass is 10.2. The number of hydrogen-bond acceptors (Lipinski definition) is 3. The predicted octanol–water partition coefficient (Wildman–Crippen LogP) is 1.55. The zero-order valence-electron chi connectivity index (χ0n) is 9.07. The van der Waals surface area contributed by atoms with Gasteiger partial charge in [0, 0.05) is 12.6 Å². The summed E-state index contributed by atoms with van der Waals surface area (Å²) in [5.74, 6) is 0. The molecule has 0 aromatic carbocycles. The van der Waals surface area contributed by atoms with E-state index in [0.717, 1.165) is 5.71 Å². The molecular weight excluding hydrogens is 176 g/mol. The molecule has 3 heteroatoms. The number of nitrogens with zero attached hydrogens (tertiary/aromatic N) is 1. The Kier molecular flexibility index (Phi) is 8.08. The Morgan fingerprint density at radius 3 is 2.86 bits per heavy atom. The molecule has 0 heterocycles. The van der Waals surface area contributed by atoms with Crippen molar-refractivity contribution in [3.05, 3.63) is 24.8 Å². The van der Waals surface area contributed by atoms with Crippen LogP contribution in [0.1, 0.15) is 13.8 Å². The minimum Gasteiger partial charge on any atom is -0.376 e. The van der Waals surface area contributed by atoms with Gasteiger partial charge in [-0.15, -0.1) is 0 Å². The molecule has 0 saturated carbocycles. The van der Waals surface area contributed by atoms with Crippen LogP contribution in [0.15, 0.2) is 29.8 Å². The second kappa shape index (κ2) is 8.66. The Morgan fingerprint density at radius 1 is 1.64 bits per heavy atom. The molecule has 2 N–H and O–H groups in total. The van der Waals surface area contributed by atoms with Gasteiger partial charge >= 0.3 is 0 Å². The van der Waals surface area contributed by atoms with Gasteiger partial charge in [0.25, 0.3) is 0 Å². The van der Waals surface area contributed by atoms with E-state index in [0.29, 0.717) is 19.8 Å². The van der Waals surface area contributed by atoms with E-state index in [1.807, 2.05) is 26.0 Å². The fourth-order valence-electron chi connectivity index (χ4n) is 0.855. The van der Waals surface area contributed by atoms with Gasteiger partial charge in [0.15, 0.2) is 0 Å². The average Bonchev–Trinajstić information content (AvgIpc) is 2.16. The lowest BCUT2D eigenvalue weighted by molar-refractivity contribution is 0.185. The van der Waals surface area contributed by atoms with Gasteiger partial charge in [0.2, 0.25) is 0 Å². The van der Waals surface area contributed by atoms with Crippen LogP contribution in [0.5, 0.6) is 0 Å². The molecule has 0 aliphatic heterocycles. The van der Waals surface area contributed by atoms with Gasteiger partial charge in [0.05, 0.1) is 18.9 Å². The molecule has 14 heavy (non-hydrogen) atoms. The lowest BCUT2D eigenvalue weighted by Gasteiger charge is -2.09. The van der Waals surface area contributed by atoms with E-state index >= 15 is 0 Å². The van der Waals surface area contributed by atoms with E-state index in [1.54, 1.807) is 6.08 Å². The first-order valence-electron chi connectivity index (χ1n) is 4.86. The lowest BCUT2D eigenvalue weighted by Crippen LogP contribution is -2.30. The molecule has 1 atom stereocenters. The molecule has 0 aromatic rings. The normalized spacial score (nSPS) is 14.6. The first kappa shape index (κ1) is 13.1. The summed E-state index contributed by atoms with van der Waals surface area (Å²) in [7, 11) is 0. The maximum absolute atomic E-state index is 5.74. The van der Waals surface area contributed by atoms with Gasteiger partial charge in [0.1, 0.15) is 0 Å². The Balaban J connectivity index is 4.04. The Labute approximate surface area is 86.4 Å². The van der Waals surface area contributed by atoms with Crippen LogP contribution >= 0.6 is 0 Å². The molecule has 0 spiro atoms. The van der Waals surface area contributed by atoms with Gasteiger partial charge in [-0.2, -0.15) is 0 Å². The van der Waals surface area contributed by atoms with Crippen molar-refractivity contribution in [2.75, 3.05) is 19.8 Å². The predicted molar refractivity (Wildman–Crippen MR) is 61.8 cm³/mol. The van der Waals surface area contributed by atoms with Crippen molar-refractivity contribution in [3.8, 4) is 0 Å². The van der Waals surface area contributed by atoms with Gasteiger partial charge in [-0.25, -0.2) is 0 Å². The van der Waals surface area contributed by atoms with Crippen molar-refractivity contribution in [1.82, 2.24) is 0 Å². The topological polar surface area (TPSA) is 47.6 Å². The first-order chi connectivity index (χ1) is 6.72. The van der Waals surface area contributed by atoms with E-state index in [4.69, 9.17) is 10.5 Å². The Morgan fingerprint density at radius 2 is 2.36 bits per heavy atom. The molecule has 0 bridgehead atoms. The van der Waals surface area contributed by atoms with Gasteiger partial charge < -0.3 is 10.5 Å². The third kappa shape index (κ3) is 6.57. The van der Waals surface area contributed by atoms with Crippen molar-refractivity contribution >= 4 is 5.71 Å². The van der Waals surface area contributed by atoms with Crippen molar-refractivity contribution in [1.29, 1.82) is 0 Å². The van der Waals surface area contributed by atoms with Crippen molar-refractivity contribution in [3.63, 3.8) is 0 Å².